The minimum absolute atomic E-state index is 0.00380. The molecule has 2 amide bonds. The Labute approximate surface area is 237 Å². The number of hydrogen-bond acceptors (Lipinski definition) is 5. The number of carbonyl (C=O) groups excluding carboxylic acids is 2. The molecule has 1 heterocycles. The third-order valence-electron chi connectivity index (χ3n) is 8.26. The average molecular weight is 625 g/mol. The second-order valence-electron chi connectivity index (χ2n) is 9.99. The van der Waals surface area contributed by atoms with E-state index >= 15 is 0 Å². The summed E-state index contributed by atoms with van der Waals surface area (Å²) in [4.78, 5) is 46.0. The Morgan fingerprint density at radius 3 is 2.08 bits per heavy atom. The van der Waals surface area contributed by atoms with Gasteiger partial charge in [-0.25, -0.2) is 4.90 Å². The highest BCUT2D eigenvalue weighted by Crippen LogP contribution is 2.64. The normalized spacial score (nSPS) is 24.5. The van der Waals surface area contributed by atoms with E-state index in [1.165, 1.54) is 18.2 Å². The number of carbonyl (C=O) groups is 2. The molecule has 8 rings (SSSR count). The number of para-hydroxylation sites is 3. The van der Waals surface area contributed by atoms with Gasteiger partial charge in [0.15, 0.2) is 0 Å². The molecule has 0 unspecified atom stereocenters. The average Bonchev–Trinajstić information content (AvgIpc) is 3.23. The van der Waals surface area contributed by atoms with Crippen molar-refractivity contribution in [3.05, 3.63) is 133 Å². The number of rotatable bonds is 4. The van der Waals surface area contributed by atoms with Crippen LogP contribution in [0.5, 0.6) is 0 Å². The number of hydrogen-bond donors (Lipinski definition) is 0. The number of nitrogens with zero attached hydrogens (tertiary/aromatic N) is 3. The van der Waals surface area contributed by atoms with Crippen molar-refractivity contribution in [1.82, 2.24) is 0 Å². The van der Waals surface area contributed by atoms with Crippen molar-refractivity contribution < 1.29 is 14.5 Å². The van der Waals surface area contributed by atoms with Crippen molar-refractivity contribution in [1.29, 1.82) is 0 Å². The van der Waals surface area contributed by atoms with Gasteiger partial charge in [-0.05, 0) is 63.0 Å². The van der Waals surface area contributed by atoms with Gasteiger partial charge in [0, 0.05) is 21.8 Å². The minimum Gasteiger partial charge on any atom is -0.274 e. The molecule has 1 fully saturated rings. The van der Waals surface area contributed by atoms with E-state index in [-0.39, 0.29) is 17.3 Å². The molecular formula is C31H20IN3O4. The summed E-state index contributed by atoms with van der Waals surface area (Å²) in [6.45, 7) is 0. The van der Waals surface area contributed by atoms with E-state index in [9.17, 15) is 19.7 Å². The van der Waals surface area contributed by atoms with Crippen LogP contribution in [0.4, 0.5) is 17.1 Å². The van der Waals surface area contributed by atoms with Gasteiger partial charge in [-0.1, -0.05) is 72.8 Å². The van der Waals surface area contributed by atoms with E-state index in [1.54, 1.807) is 6.07 Å². The van der Waals surface area contributed by atoms with Crippen molar-refractivity contribution in [3.63, 3.8) is 0 Å². The number of aliphatic imine (C=N–C) groups is 1. The molecule has 0 saturated carbocycles. The summed E-state index contributed by atoms with van der Waals surface area (Å²) in [6.07, 6.45) is 1.84. The van der Waals surface area contributed by atoms with Crippen LogP contribution in [-0.2, 0) is 15.0 Å². The molecule has 1 saturated heterocycles. The number of halogens is 1. The topological polar surface area (TPSA) is 92.9 Å². The molecule has 1 aliphatic heterocycles. The first kappa shape index (κ1) is 23.9. The lowest BCUT2D eigenvalue weighted by molar-refractivity contribution is -0.384. The molecule has 4 aromatic rings. The lowest BCUT2D eigenvalue weighted by Gasteiger charge is -2.52. The van der Waals surface area contributed by atoms with Crippen LogP contribution in [-0.4, -0.2) is 23.0 Å². The first-order valence-electron chi connectivity index (χ1n) is 12.5. The number of benzene rings is 4. The zero-order valence-electron chi connectivity index (χ0n) is 20.4. The Kier molecular flexibility index (Phi) is 5.31. The van der Waals surface area contributed by atoms with E-state index in [4.69, 9.17) is 4.99 Å². The van der Waals surface area contributed by atoms with E-state index in [0.29, 0.717) is 0 Å². The van der Waals surface area contributed by atoms with Crippen LogP contribution in [0.15, 0.2) is 102 Å². The lowest BCUT2D eigenvalue weighted by atomic mass is 9.47. The fraction of sp³-hybridized carbons (Fsp3) is 0.129. The molecule has 0 aromatic heterocycles. The van der Waals surface area contributed by atoms with Gasteiger partial charge in [0.05, 0.1) is 27.9 Å². The van der Waals surface area contributed by atoms with Gasteiger partial charge < -0.3 is 0 Å². The number of nitro benzene ring substituents is 1. The monoisotopic (exact) mass is 625 g/mol. The highest BCUT2D eigenvalue weighted by molar-refractivity contribution is 14.1. The molecule has 190 valence electrons. The predicted molar refractivity (Wildman–Crippen MR) is 155 cm³/mol. The summed E-state index contributed by atoms with van der Waals surface area (Å²) < 4.78 is 0.959. The first-order chi connectivity index (χ1) is 18.9. The van der Waals surface area contributed by atoms with E-state index in [1.807, 2.05) is 79.0 Å². The molecule has 0 N–H and O–H groups in total. The van der Waals surface area contributed by atoms with Crippen molar-refractivity contribution in [3.8, 4) is 0 Å². The zero-order valence-corrected chi connectivity index (χ0v) is 22.6. The van der Waals surface area contributed by atoms with Crippen LogP contribution in [0.25, 0.3) is 0 Å². The SMILES string of the molecule is O=C1[C@@H]2C3c4ccccc4C(C=Nc4ccccc4I)(c4ccccc43)[C@H]2C(=O)N1c1ccccc1[N+](=O)[O-]. The molecule has 39 heavy (non-hydrogen) atoms. The third kappa shape index (κ3) is 3.18. The fourth-order valence-electron chi connectivity index (χ4n) is 6.82. The first-order valence-corrected chi connectivity index (χ1v) is 13.6. The number of imide groups is 1. The number of anilines is 1. The molecule has 4 aliphatic rings. The molecule has 2 atom stereocenters. The summed E-state index contributed by atoms with van der Waals surface area (Å²) in [5.74, 6) is -2.73. The van der Waals surface area contributed by atoms with Crippen LogP contribution in [0.1, 0.15) is 28.2 Å². The maximum Gasteiger partial charge on any atom is 0.293 e. The third-order valence-corrected chi connectivity index (χ3v) is 9.18. The summed E-state index contributed by atoms with van der Waals surface area (Å²) in [5.41, 5.74) is 3.31. The Balaban J connectivity index is 1.52. The van der Waals surface area contributed by atoms with Gasteiger partial charge in [0.1, 0.15) is 5.69 Å². The highest BCUT2D eigenvalue weighted by Gasteiger charge is 2.68. The zero-order chi connectivity index (χ0) is 26.9. The number of amides is 2. The van der Waals surface area contributed by atoms with Crippen molar-refractivity contribution in [2.24, 2.45) is 16.8 Å². The molecule has 4 aromatic carbocycles. The molecule has 0 spiro atoms. The van der Waals surface area contributed by atoms with Gasteiger partial charge in [-0.15, -0.1) is 0 Å². The quantitative estimate of drug-likeness (QED) is 0.0894. The Morgan fingerprint density at radius 1 is 0.821 bits per heavy atom. The lowest BCUT2D eigenvalue weighted by Crippen LogP contribution is -2.54. The van der Waals surface area contributed by atoms with Crippen molar-refractivity contribution >= 4 is 57.7 Å². The van der Waals surface area contributed by atoms with Crippen LogP contribution in [0, 0.1) is 25.5 Å². The van der Waals surface area contributed by atoms with Gasteiger partial charge >= 0.3 is 0 Å². The molecule has 2 bridgehead atoms. The molecular weight excluding hydrogens is 605 g/mol. The Hall–Kier alpha value is -4.18. The minimum atomic E-state index is -1.03. The van der Waals surface area contributed by atoms with E-state index in [2.05, 4.69) is 22.6 Å². The van der Waals surface area contributed by atoms with Crippen molar-refractivity contribution in [2.75, 3.05) is 4.90 Å². The largest absolute Gasteiger partial charge is 0.293 e. The molecule has 3 aliphatic carbocycles. The summed E-state index contributed by atoms with van der Waals surface area (Å²) in [6, 6.07) is 29.5. The predicted octanol–water partition coefficient (Wildman–Crippen LogP) is 6.15. The number of nitro groups is 1. The Morgan fingerprint density at radius 2 is 1.41 bits per heavy atom. The summed E-state index contributed by atoms with van der Waals surface area (Å²) in [7, 11) is 0. The van der Waals surface area contributed by atoms with Gasteiger partial charge in [0.2, 0.25) is 11.8 Å². The molecule has 7 nitrogen and oxygen atoms in total. The summed E-state index contributed by atoms with van der Waals surface area (Å²) in [5, 5.41) is 11.9. The van der Waals surface area contributed by atoms with Gasteiger partial charge in [0.25, 0.3) is 5.69 Å². The van der Waals surface area contributed by atoms with Crippen LogP contribution in [0.2, 0.25) is 0 Å². The van der Waals surface area contributed by atoms with E-state index < -0.39 is 34.0 Å². The Bertz CT molecular complexity index is 1700. The second kappa shape index (κ2) is 8.67. The van der Waals surface area contributed by atoms with Gasteiger partial charge in [-0.2, -0.15) is 0 Å². The molecule has 8 heteroatoms. The maximum atomic E-state index is 14.4. The second-order valence-corrected chi connectivity index (χ2v) is 11.2. The fourth-order valence-corrected chi connectivity index (χ4v) is 7.35. The van der Waals surface area contributed by atoms with Crippen LogP contribution < -0.4 is 4.90 Å². The van der Waals surface area contributed by atoms with Crippen LogP contribution >= 0.6 is 22.6 Å². The molecule has 0 radical (unpaired) electrons. The highest BCUT2D eigenvalue weighted by atomic mass is 127. The van der Waals surface area contributed by atoms with Crippen LogP contribution in [0.3, 0.4) is 0 Å². The summed E-state index contributed by atoms with van der Waals surface area (Å²) >= 11 is 2.23. The van der Waals surface area contributed by atoms with E-state index in [0.717, 1.165) is 36.4 Å². The van der Waals surface area contributed by atoms with Crippen molar-refractivity contribution in [2.45, 2.75) is 11.3 Å². The standard InChI is InChI=1S/C31H20IN3O4/c32-22-13-5-6-14-23(22)33-17-31-20-11-3-1-9-18(20)26(19-10-2-4-12-21(19)31)27-28(31)30(37)34(29(27)36)24-15-7-8-16-25(24)35(38)39/h1-17,26-28H/t26?,27-,28-,31?/m1/s1. The smallest absolute Gasteiger partial charge is 0.274 e. The van der Waals surface area contributed by atoms with Gasteiger partial charge in [-0.3, -0.25) is 24.7 Å². The maximum absolute atomic E-state index is 14.4.